The molecule has 1 rings (SSSR count). The first-order valence-electron chi connectivity index (χ1n) is 7.24. The monoisotopic (exact) mass is 302 g/mol. The number of hydrogen-bond donors (Lipinski definition) is 1. The first-order chi connectivity index (χ1) is 8.82. The highest BCUT2D eigenvalue weighted by Crippen LogP contribution is 2.37. The van der Waals surface area contributed by atoms with E-state index in [2.05, 4.69) is 39.3 Å². The minimum absolute atomic E-state index is 0.0448. The van der Waals surface area contributed by atoms with Crippen LogP contribution in [0.2, 0.25) is 18.1 Å². The molecule has 0 bridgehead atoms. The highest BCUT2D eigenvalue weighted by atomic mass is 28.4. The molecular formula is C14H30N2O3Si. The van der Waals surface area contributed by atoms with Crippen LogP contribution in [0.5, 0.6) is 0 Å². The molecule has 5 nitrogen and oxygen atoms in total. The Morgan fingerprint density at radius 1 is 1.20 bits per heavy atom. The molecule has 0 unspecified atom stereocenters. The molecule has 20 heavy (non-hydrogen) atoms. The molecule has 1 saturated heterocycles. The summed E-state index contributed by atoms with van der Waals surface area (Å²) in [5.74, 6) is 0. The van der Waals surface area contributed by atoms with Crippen LogP contribution >= 0.6 is 0 Å². The van der Waals surface area contributed by atoms with E-state index >= 15 is 0 Å². The lowest BCUT2D eigenvalue weighted by Gasteiger charge is -2.38. The van der Waals surface area contributed by atoms with Crippen molar-refractivity contribution in [2.75, 3.05) is 13.1 Å². The molecule has 0 aliphatic carbocycles. The molecule has 1 heterocycles. The largest absolute Gasteiger partial charge is 0.443 e. The van der Waals surface area contributed by atoms with Crippen LogP contribution in [0.3, 0.4) is 0 Å². The third-order valence-electron chi connectivity index (χ3n) is 3.78. The molecule has 1 N–H and O–H groups in total. The van der Waals surface area contributed by atoms with Crippen LogP contribution in [-0.2, 0) is 9.16 Å². The van der Waals surface area contributed by atoms with Gasteiger partial charge in [0.25, 0.3) is 0 Å². The Kier molecular flexibility index (Phi) is 4.94. The number of nitrogens with one attached hydrogen (secondary N) is 1. The number of hydrazine groups is 1. The summed E-state index contributed by atoms with van der Waals surface area (Å²) in [6.45, 7) is 17.9. The lowest BCUT2D eigenvalue weighted by atomic mass is 10.2. The fourth-order valence-electron chi connectivity index (χ4n) is 1.67. The molecule has 0 aromatic heterocycles. The Hall–Kier alpha value is -0.593. The average Bonchev–Trinajstić information content (AvgIpc) is 2.60. The highest BCUT2D eigenvalue weighted by Gasteiger charge is 2.41. The second-order valence-corrected chi connectivity index (χ2v) is 12.7. The third-order valence-corrected chi connectivity index (χ3v) is 8.31. The maximum Gasteiger partial charge on any atom is 0.424 e. The number of hydrogen-bond acceptors (Lipinski definition) is 4. The SMILES string of the molecule is CC(C)(C)OC(=O)N1C[C@H](O[Si](C)(C)C(C)(C)C)CN1. The van der Waals surface area contributed by atoms with Gasteiger partial charge >= 0.3 is 6.09 Å². The summed E-state index contributed by atoms with van der Waals surface area (Å²) in [6, 6.07) is 0. The van der Waals surface area contributed by atoms with Crippen molar-refractivity contribution in [3.63, 3.8) is 0 Å². The summed E-state index contributed by atoms with van der Waals surface area (Å²) in [6.07, 6.45) is -0.290. The lowest BCUT2D eigenvalue weighted by molar-refractivity contribution is 0.0194. The second kappa shape index (κ2) is 5.65. The van der Waals surface area contributed by atoms with Crippen LogP contribution in [0.1, 0.15) is 41.5 Å². The number of nitrogens with zero attached hydrogens (tertiary/aromatic N) is 1. The summed E-state index contributed by atoms with van der Waals surface area (Å²) in [4.78, 5) is 12.0. The van der Waals surface area contributed by atoms with Crippen molar-refractivity contribution < 1.29 is 14.0 Å². The number of amides is 1. The molecule has 6 heteroatoms. The van der Waals surface area contributed by atoms with Gasteiger partial charge in [0.1, 0.15) is 5.60 Å². The maximum absolute atomic E-state index is 12.0. The van der Waals surface area contributed by atoms with E-state index in [0.717, 1.165) is 0 Å². The van der Waals surface area contributed by atoms with Crippen molar-refractivity contribution in [2.45, 2.75) is 71.4 Å². The highest BCUT2D eigenvalue weighted by molar-refractivity contribution is 6.74. The topological polar surface area (TPSA) is 50.8 Å². The maximum atomic E-state index is 12.0. The molecule has 1 amide bonds. The fraction of sp³-hybridized carbons (Fsp3) is 0.929. The number of rotatable bonds is 2. The first kappa shape index (κ1) is 17.5. The summed E-state index contributed by atoms with van der Waals surface area (Å²) < 4.78 is 11.6. The van der Waals surface area contributed by atoms with Gasteiger partial charge in [0, 0.05) is 6.54 Å². The van der Waals surface area contributed by atoms with Crippen molar-refractivity contribution >= 4 is 14.4 Å². The molecule has 1 fully saturated rings. The van der Waals surface area contributed by atoms with Gasteiger partial charge in [0.05, 0.1) is 12.6 Å². The Labute approximate surface area is 124 Å². The predicted molar refractivity (Wildman–Crippen MR) is 83.0 cm³/mol. The van der Waals surface area contributed by atoms with Crippen molar-refractivity contribution in [1.29, 1.82) is 0 Å². The van der Waals surface area contributed by atoms with Gasteiger partial charge in [-0.25, -0.2) is 15.2 Å². The molecule has 1 aliphatic rings. The van der Waals surface area contributed by atoms with Gasteiger partial charge in [0.15, 0.2) is 8.32 Å². The van der Waals surface area contributed by atoms with Crippen LogP contribution in [-0.4, -0.2) is 44.2 Å². The van der Waals surface area contributed by atoms with Crippen LogP contribution in [0.4, 0.5) is 4.79 Å². The van der Waals surface area contributed by atoms with Gasteiger partial charge in [-0.1, -0.05) is 20.8 Å². The average molecular weight is 302 g/mol. The van der Waals surface area contributed by atoms with Crippen LogP contribution in [0.15, 0.2) is 0 Å². The summed E-state index contributed by atoms with van der Waals surface area (Å²) >= 11 is 0. The van der Waals surface area contributed by atoms with Gasteiger partial charge in [-0.3, -0.25) is 0 Å². The first-order valence-corrected chi connectivity index (χ1v) is 10.1. The molecule has 0 spiro atoms. The zero-order chi connectivity index (χ0) is 15.8. The summed E-state index contributed by atoms with van der Waals surface area (Å²) in [7, 11) is -1.80. The zero-order valence-corrected chi connectivity index (χ0v) is 15.2. The zero-order valence-electron chi connectivity index (χ0n) is 14.2. The van der Waals surface area contributed by atoms with Crippen molar-refractivity contribution in [1.82, 2.24) is 10.4 Å². The van der Waals surface area contributed by atoms with E-state index in [-0.39, 0.29) is 17.2 Å². The molecule has 0 radical (unpaired) electrons. The van der Waals surface area contributed by atoms with Gasteiger partial charge in [0.2, 0.25) is 0 Å². The van der Waals surface area contributed by atoms with Gasteiger partial charge < -0.3 is 9.16 Å². The van der Waals surface area contributed by atoms with E-state index < -0.39 is 13.9 Å². The predicted octanol–water partition coefficient (Wildman–Crippen LogP) is 3.13. The van der Waals surface area contributed by atoms with Crippen LogP contribution < -0.4 is 5.43 Å². The lowest BCUT2D eigenvalue weighted by Crippen LogP contribution is -2.45. The molecule has 1 aliphatic heterocycles. The van der Waals surface area contributed by atoms with E-state index in [9.17, 15) is 4.79 Å². The molecule has 0 saturated carbocycles. The number of carbonyl (C=O) groups excluding carboxylic acids is 1. The molecule has 1 atom stereocenters. The van der Waals surface area contributed by atoms with Crippen molar-refractivity contribution in [2.24, 2.45) is 0 Å². The summed E-state index contributed by atoms with van der Waals surface area (Å²) in [5, 5.41) is 1.69. The van der Waals surface area contributed by atoms with E-state index in [1.54, 1.807) is 0 Å². The number of ether oxygens (including phenoxy) is 1. The Morgan fingerprint density at radius 3 is 2.20 bits per heavy atom. The minimum Gasteiger partial charge on any atom is -0.443 e. The Morgan fingerprint density at radius 2 is 1.75 bits per heavy atom. The van der Waals surface area contributed by atoms with Gasteiger partial charge in [-0.2, -0.15) is 0 Å². The van der Waals surface area contributed by atoms with Crippen LogP contribution in [0, 0.1) is 0 Å². The second-order valence-electron chi connectivity index (χ2n) is 7.95. The van der Waals surface area contributed by atoms with Gasteiger partial charge in [-0.05, 0) is 38.9 Å². The Bertz CT molecular complexity index is 358. The quantitative estimate of drug-likeness (QED) is 0.796. The van der Waals surface area contributed by atoms with Crippen LogP contribution in [0.25, 0.3) is 0 Å². The van der Waals surface area contributed by atoms with Crippen molar-refractivity contribution in [3.8, 4) is 0 Å². The normalized spacial score (nSPS) is 21.2. The Balaban J connectivity index is 2.54. The van der Waals surface area contributed by atoms with E-state index in [1.165, 1.54) is 5.01 Å². The smallest absolute Gasteiger partial charge is 0.424 e. The molecule has 0 aromatic carbocycles. The molecular weight excluding hydrogens is 272 g/mol. The minimum atomic E-state index is -1.80. The van der Waals surface area contributed by atoms with E-state index in [4.69, 9.17) is 9.16 Å². The fourth-order valence-corrected chi connectivity index (χ4v) is 3.02. The van der Waals surface area contributed by atoms with E-state index in [1.807, 2.05) is 20.8 Å². The standard InChI is InChI=1S/C14H30N2O3Si/c1-13(2,3)18-12(17)16-10-11(9-15-16)19-20(7,8)14(4,5)6/h11,15H,9-10H2,1-8H3/t11-/m1/s1. The number of carbonyl (C=O) groups is 1. The van der Waals surface area contributed by atoms with Gasteiger partial charge in [-0.15, -0.1) is 0 Å². The van der Waals surface area contributed by atoms with E-state index in [0.29, 0.717) is 13.1 Å². The molecule has 0 aromatic rings. The van der Waals surface area contributed by atoms with Crippen molar-refractivity contribution in [3.05, 3.63) is 0 Å². The molecule has 118 valence electrons. The summed E-state index contributed by atoms with van der Waals surface area (Å²) in [5.41, 5.74) is 2.58. The third kappa shape index (κ3) is 4.75.